The maximum absolute atomic E-state index is 5.90. The third kappa shape index (κ3) is 4.60. The smallest absolute Gasteiger partial charge is 0.127 e. The van der Waals surface area contributed by atoms with Crippen molar-refractivity contribution in [3.63, 3.8) is 0 Å². The quantitative estimate of drug-likeness (QED) is 0.845. The predicted octanol–water partition coefficient (Wildman–Crippen LogP) is 3.58. The van der Waals surface area contributed by atoms with Gasteiger partial charge in [0.15, 0.2) is 0 Å². The van der Waals surface area contributed by atoms with Gasteiger partial charge in [0.2, 0.25) is 0 Å². The van der Waals surface area contributed by atoms with E-state index in [2.05, 4.69) is 5.32 Å². The molecule has 2 aromatic carbocycles. The lowest BCUT2D eigenvalue weighted by Crippen LogP contribution is -2.22. The van der Waals surface area contributed by atoms with Crippen LogP contribution in [-0.4, -0.2) is 26.9 Å². The molecule has 0 spiro atoms. The van der Waals surface area contributed by atoms with Crippen molar-refractivity contribution in [1.82, 2.24) is 0 Å². The Morgan fingerprint density at radius 3 is 2.05 bits per heavy atom. The molecular weight excluding hydrogens is 266 g/mol. The number of methoxy groups -OCH3 is 2. The van der Waals surface area contributed by atoms with Crippen LogP contribution in [0.15, 0.2) is 48.5 Å². The van der Waals surface area contributed by atoms with Gasteiger partial charge in [-0.05, 0) is 19.1 Å². The fourth-order valence-electron chi connectivity index (χ4n) is 1.94. The van der Waals surface area contributed by atoms with Crippen LogP contribution < -0.4 is 19.5 Å². The third-order valence-electron chi connectivity index (χ3n) is 3.03. The predicted molar refractivity (Wildman–Crippen MR) is 84.6 cm³/mol. The van der Waals surface area contributed by atoms with Crippen LogP contribution in [0.1, 0.15) is 6.92 Å². The summed E-state index contributed by atoms with van der Waals surface area (Å²) in [4.78, 5) is 0. The van der Waals surface area contributed by atoms with E-state index in [1.165, 1.54) is 0 Å². The summed E-state index contributed by atoms with van der Waals surface area (Å²) in [6.07, 6.45) is 0.0158. The summed E-state index contributed by atoms with van der Waals surface area (Å²) in [7, 11) is 3.25. The molecule has 0 aliphatic rings. The van der Waals surface area contributed by atoms with Gasteiger partial charge in [0.1, 0.15) is 23.4 Å². The zero-order valence-electron chi connectivity index (χ0n) is 12.6. The number of para-hydroxylation sites is 1. The standard InChI is InChI=1S/C17H21NO3/c1-13(12-18-14-7-5-4-6-8-14)21-17-10-15(19-2)9-16(11-17)20-3/h4-11,13,18H,12H2,1-3H3. The van der Waals surface area contributed by atoms with E-state index in [0.29, 0.717) is 18.0 Å². The molecule has 0 bridgehead atoms. The normalized spacial score (nSPS) is 11.6. The summed E-state index contributed by atoms with van der Waals surface area (Å²) in [6, 6.07) is 15.6. The molecule has 0 saturated carbocycles. The van der Waals surface area contributed by atoms with E-state index in [1.807, 2.05) is 55.5 Å². The number of rotatable bonds is 7. The summed E-state index contributed by atoms with van der Waals surface area (Å²) in [5.74, 6) is 2.16. The second-order valence-electron chi connectivity index (χ2n) is 4.72. The van der Waals surface area contributed by atoms with Gasteiger partial charge in [-0.2, -0.15) is 0 Å². The van der Waals surface area contributed by atoms with Crippen LogP contribution in [0.3, 0.4) is 0 Å². The van der Waals surface area contributed by atoms with Gasteiger partial charge >= 0.3 is 0 Å². The fraction of sp³-hybridized carbons (Fsp3) is 0.294. The van der Waals surface area contributed by atoms with E-state index < -0.39 is 0 Å². The second-order valence-corrected chi connectivity index (χ2v) is 4.72. The van der Waals surface area contributed by atoms with Crippen molar-refractivity contribution in [1.29, 1.82) is 0 Å². The molecule has 0 aromatic heterocycles. The van der Waals surface area contributed by atoms with Crippen molar-refractivity contribution in [2.45, 2.75) is 13.0 Å². The van der Waals surface area contributed by atoms with Crippen molar-refractivity contribution in [2.24, 2.45) is 0 Å². The van der Waals surface area contributed by atoms with Gasteiger partial charge in [0.25, 0.3) is 0 Å². The average Bonchev–Trinajstić information content (AvgIpc) is 2.53. The molecule has 4 heteroatoms. The van der Waals surface area contributed by atoms with Gasteiger partial charge < -0.3 is 19.5 Å². The maximum atomic E-state index is 5.90. The first-order valence-corrected chi connectivity index (χ1v) is 6.90. The van der Waals surface area contributed by atoms with E-state index in [4.69, 9.17) is 14.2 Å². The molecule has 0 heterocycles. The Labute approximate surface area is 125 Å². The molecule has 21 heavy (non-hydrogen) atoms. The largest absolute Gasteiger partial charge is 0.496 e. The number of anilines is 1. The lowest BCUT2D eigenvalue weighted by atomic mass is 10.3. The van der Waals surface area contributed by atoms with Crippen LogP contribution in [0.4, 0.5) is 5.69 Å². The number of hydrogen-bond donors (Lipinski definition) is 1. The molecule has 0 amide bonds. The first kappa shape index (κ1) is 15.0. The van der Waals surface area contributed by atoms with Gasteiger partial charge in [-0.3, -0.25) is 0 Å². The van der Waals surface area contributed by atoms with Crippen molar-refractivity contribution >= 4 is 5.69 Å². The van der Waals surface area contributed by atoms with E-state index in [9.17, 15) is 0 Å². The number of ether oxygens (including phenoxy) is 3. The van der Waals surface area contributed by atoms with Crippen molar-refractivity contribution in [3.05, 3.63) is 48.5 Å². The summed E-state index contributed by atoms with van der Waals surface area (Å²) >= 11 is 0. The second kappa shape index (κ2) is 7.43. The minimum atomic E-state index is 0.0158. The van der Waals surface area contributed by atoms with Crippen LogP contribution >= 0.6 is 0 Å². The van der Waals surface area contributed by atoms with Crippen LogP contribution in [0.25, 0.3) is 0 Å². The highest BCUT2D eigenvalue weighted by Crippen LogP contribution is 2.28. The minimum Gasteiger partial charge on any atom is -0.496 e. The van der Waals surface area contributed by atoms with E-state index in [0.717, 1.165) is 11.4 Å². The lowest BCUT2D eigenvalue weighted by Gasteiger charge is -2.17. The fourth-order valence-corrected chi connectivity index (χ4v) is 1.94. The van der Waals surface area contributed by atoms with Gasteiger partial charge in [-0.25, -0.2) is 0 Å². The van der Waals surface area contributed by atoms with E-state index >= 15 is 0 Å². The van der Waals surface area contributed by atoms with Crippen LogP contribution in [0.2, 0.25) is 0 Å². The van der Waals surface area contributed by atoms with Gasteiger partial charge in [0.05, 0.1) is 20.8 Å². The minimum absolute atomic E-state index is 0.0158. The Kier molecular flexibility index (Phi) is 5.32. The molecule has 1 N–H and O–H groups in total. The zero-order chi connectivity index (χ0) is 15.1. The van der Waals surface area contributed by atoms with Crippen molar-refractivity contribution in [2.75, 3.05) is 26.1 Å². The van der Waals surface area contributed by atoms with Gasteiger partial charge in [0, 0.05) is 23.9 Å². The van der Waals surface area contributed by atoms with Gasteiger partial charge in [-0.1, -0.05) is 18.2 Å². The van der Waals surface area contributed by atoms with Crippen LogP contribution in [0.5, 0.6) is 17.2 Å². The SMILES string of the molecule is COc1cc(OC)cc(OC(C)CNc2ccccc2)c1. The molecule has 1 atom stereocenters. The molecule has 0 aliphatic heterocycles. The monoisotopic (exact) mass is 287 g/mol. The Hall–Kier alpha value is -2.36. The Morgan fingerprint density at radius 2 is 1.48 bits per heavy atom. The summed E-state index contributed by atoms with van der Waals surface area (Å²) in [5, 5.41) is 3.33. The van der Waals surface area contributed by atoms with Crippen molar-refractivity contribution in [3.8, 4) is 17.2 Å². The molecule has 2 aromatic rings. The average molecular weight is 287 g/mol. The van der Waals surface area contributed by atoms with Crippen molar-refractivity contribution < 1.29 is 14.2 Å². The van der Waals surface area contributed by atoms with E-state index in [-0.39, 0.29) is 6.10 Å². The summed E-state index contributed by atoms with van der Waals surface area (Å²) in [5.41, 5.74) is 1.08. The highest BCUT2D eigenvalue weighted by Gasteiger charge is 2.07. The molecule has 112 valence electrons. The highest BCUT2D eigenvalue weighted by atomic mass is 16.5. The Morgan fingerprint density at radius 1 is 0.905 bits per heavy atom. The van der Waals surface area contributed by atoms with E-state index in [1.54, 1.807) is 14.2 Å². The van der Waals surface area contributed by atoms with Crippen LogP contribution in [0, 0.1) is 0 Å². The molecule has 2 rings (SSSR count). The van der Waals surface area contributed by atoms with Gasteiger partial charge in [-0.15, -0.1) is 0 Å². The molecule has 4 nitrogen and oxygen atoms in total. The summed E-state index contributed by atoms with van der Waals surface area (Å²) in [6.45, 7) is 2.73. The third-order valence-corrected chi connectivity index (χ3v) is 3.03. The number of hydrogen-bond acceptors (Lipinski definition) is 4. The molecule has 0 fully saturated rings. The molecular formula is C17H21NO3. The zero-order valence-corrected chi connectivity index (χ0v) is 12.6. The summed E-state index contributed by atoms with van der Waals surface area (Å²) < 4.78 is 16.4. The molecule has 1 unspecified atom stereocenters. The van der Waals surface area contributed by atoms with Crippen LogP contribution in [-0.2, 0) is 0 Å². The Bertz CT molecular complexity index is 535. The molecule has 0 radical (unpaired) electrons. The molecule has 0 saturated heterocycles. The lowest BCUT2D eigenvalue weighted by molar-refractivity contribution is 0.232. The number of nitrogens with one attached hydrogen (secondary N) is 1. The first-order chi connectivity index (χ1) is 10.2. The number of benzene rings is 2. The molecule has 0 aliphatic carbocycles. The first-order valence-electron chi connectivity index (χ1n) is 6.90. The maximum Gasteiger partial charge on any atom is 0.127 e. The topological polar surface area (TPSA) is 39.7 Å². The Balaban J connectivity index is 1.94. The highest BCUT2D eigenvalue weighted by molar-refractivity contribution is 5.43.